The molecule has 1 aliphatic carbocycles. The minimum absolute atomic E-state index is 0.493. The zero-order chi connectivity index (χ0) is 20.0. The molecule has 1 fully saturated rings. The van der Waals surface area contributed by atoms with Gasteiger partial charge in [-0.05, 0) is 67.1 Å². The summed E-state index contributed by atoms with van der Waals surface area (Å²) in [6.45, 7) is 2.14. The van der Waals surface area contributed by atoms with E-state index in [0.29, 0.717) is 5.92 Å². The highest BCUT2D eigenvalue weighted by molar-refractivity contribution is 6.08. The Labute approximate surface area is 171 Å². The maximum Gasteiger partial charge on any atom is 0.212 e. The van der Waals surface area contributed by atoms with Crippen molar-refractivity contribution in [2.24, 2.45) is 7.05 Å². The summed E-state index contributed by atoms with van der Waals surface area (Å²) in [6.07, 6.45) is 8.28. The average Bonchev–Trinajstić information content (AvgIpc) is 3.10. The molecule has 0 saturated heterocycles. The number of rotatable bonds is 2. The summed E-state index contributed by atoms with van der Waals surface area (Å²) in [7, 11) is 2.07. The van der Waals surface area contributed by atoms with Gasteiger partial charge in [-0.25, -0.2) is 4.57 Å². The van der Waals surface area contributed by atoms with Crippen molar-refractivity contribution >= 4 is 21.9 Å². The summed E-state index contributed by atoms with van der Waals surface area (Å²) in [5.41, 5.74) is 7.40. The third-order valence-electron chi connectivity index (χ3n) is 6.45. The fourth-order valence-corrected chi connectivity index (χ4v) is 4.91. The monoisotopic (exact) mass is 381 g/mol. The predicted molar refractivity (Wildman–Crippen MR) is 116 cm³/mol. The fraction of sp³-hybridized carbons (Fsp3) is 0.308. The molecule has 2 aromatic carbocycles. The highest BCUT2D eigenvalue weighted by Crippen LogP contribution is 2.41. The first kappa shape index (κ1) is 17.9. The lowest BCUT2D eigenvalue weighted by Gasteiger charge is -2.22. The second-order valence-corrected chi connectivity index (χ2v) is 8.35. The van der Waals surface area contributed by atoms with Crippen molar-refractivity contribution < 1.29 is 8.98 Å². The zero-order valence-corrected chi connectivity index (χ0v) is 17.0. The summed E-state index contributed by atoms with van der Waals surface area (Å²) in [5.74, 6) is 0.493. The van der Waals surface area contributed by atoms with Crippen LogP contribution in [0, 0.1) is 18.3 Å². The highest BCUT2D eigenvalue weighted by Gasteiger charge is 2.23. The molecular formula is C26H25N2O+. The van der Waals surface area contributed by atoms with Gasteiger partial charge >= 0.3 is 0 Å². The first-order valence-corrected chi connectivity index (χ1v) is 10.5. The van der Waals surface area contributed by atoms with Crippen LogP contribution in [0.4, 0.5) is 0 Å². The third kappa shape index (κ3) is 3.00. The lowest BCUT2D eigenvalue weighted by atomic mass is 9.83. The first-order chi connectivity index (χ1) is 14.2. The number of benzene rings is 2. The number of pyridine rings is 1. The van der Waals surface area contributed by atoms with Crippen LogP contribution in [0.15, 0.2) is 53.1 Å². The number of aromatic nitrogens is 1. The molecule has 0 unspecified atom stereocenters. The Balaban J connectivity index is 1.79. The van der Waals surface area contributed by atoms with Gasteiger partial charge in [0.05, 0.1) is 11.6 Å². The molecule has 4 aromatic rings. The molecule has 3 nitrogen and oxygen atoms in total. The Kier molecular flexibility index (Phi) is 4.36. The highest BCUT2D eigenvalue weighted by atomic mass is 16.3. The van der Waals surface area contributed by atoms with Crippen molar-refractivity contribution in [3.05, 3.63) is 65.4 Å². The molecule has 3 heteroatoms. The summed E-state index contributed by atoms with van der Waals surface area (Å²) < 4.78 is 8.57. The van der Waals surface area contributed by atoms with Gasteiger partial charge in [0.25, 0.3) is 0 Å². The van der Waals surface area contributed by atoms with E-state index in [1.54, 1.807) is 0 Å². The van der Waals surface area contributed by atoms with Gasteiger partial charge in [-0.3, -0.25) is 0 Å². The summed E-state index contributed by atoms with van der Waals surface area (Å²) in [6, 6.07) is 17.1. The normalized spacial score (nSPS) is 15.1. The smallest absolute Gasteiger partial charge is 0.212 e. The molecule has 5 rings (SSSR count). The molecule has 0 radical (unpaired) electrons. The Morgan fingerprint density at radius 1 is 1.03 bits per heavy atom. The van der Waals surface area contributed by atoms with Gasteiger partial charge in [0, 0.05) is 28.5 Å². The Morgan fingerprint density at radius 3 is 2.62 bits per heavy atom. The molecule has 1 aliphatic rings. The summed E-state index contributed by atoms with van der Waals surface area (Å²) in [4.78, 5) is 0. The van der Waals surface area contributed by atoms with Crippen LogP contribution in [-0.2, 0) is 7.05 Å². The number of nitriles is 1. The third-order valence-corrected chi connectivity index (χ3v) is 6.45. The Hall–Kier alpha value is -3.12. The van der Waals surface area contributed by atoms with Crippen molar-refractivity contribution in [1.82, 2.24) is 0 Å². The molecule has 1 saturated carbocycles. The van der Waals surface area contributed by atoms with E-state index in [4.69, 9.17) is 4.42 Å². The predicted octanol–water partition coefficient (Wildman–Crippen LogP) is 6.31. The number of furan rings is 1. The van der Waals surface area contributed by atoms with E-state index >= 15 is 0 Å². The van der Waals surface area contributed by atoms with Crippen molar-refractivity contribution in [3.8, 4) is 17.3 Å². The quantitative estimate of drug-likeness (QED) is 0.382. The number of hydrogen-bond acceptors (Lipinski definition) is 2. The Bertz CT molecular complexity index is 1270. The van der Waals surface area contributed by atoms with E-state index in [2.05, 4.69) is 61.1 Å². The minimum atomic E-state index is 0.493. The van der Waals surface area contributed by atoms with Crippen molar-refractivity contribution in [2.45, 2.75) is 44.9 Å². The molecule has 0 amide bonds. The van der Waals surface area contributed by atoms with E-state index in [-0.39, 0.29) is 0 Å². The second-order valence-electron chi connectivity index (χ2n) is 8.35. The molecular weight excluding hydrogens is 356 g/mol. The van der Waals surface area contributed by atoms with Crippen molar-refractivity contribution in [3.63, 3.8) is 0 Å². The standard InChI is InChI=1S/C26H25N2O/c1-17-12-25-22(15-20(17)24-10-6-7-11-28(24)2)23-14-18(16-27)13-21(26(23)29-25)19-8-4-3-5-9-19/h6-7,10-15,19H,3-5,8-9H2,1-2H3/q+1. The topological polar surface area (TPSA) is 40.8 Å². The molecule has 0 aliphatic heterocycles. The van der Waals surface area contributed by atoms with Crippen LogP contribution in [0.1, 0.15) is 54.7 Å². The summed E-state index contributed by atoms with van der Waals surface area (Å²) in [5, 5.41) is 11.8. The van der Waals surface area contributed by atoms with Crippen molar-refractivity contribution in [2.75, 3.05) is 0 Å². The largest absolute Gasteiger partial charge is 0.456 e. The van der Waals surface area contributed by atoms with E-state index in [1.807, 2.05) is 12.1 Å². The lowest BCUT2D eigenvalue weighted by Crippen LogP contribution is -2.30. The van der Waals surface area contributed by atoms with Gasteiger partial charge in [-0.1, -0.05) is 19.3 Å². The molecule has 2 heterocycles. The van der Waals surface area contributed by atoms with Crippen LogP contribution in [0.3, 0.4) is 0 Å². The average molecular weight is 381 g/mol. The maximum atomic E-state index is 9.66. The molecule has 2 aromatic heterocycles. The number of fused-ring (bicyclic) bond motifs is 3. The van der Waals surface area contributed by atoms with Crippen LogP contribution < -0.4 is 4.57 Å². The molecule has 0 atom stereocenters. The van der Waals surface area contributed by atoms with Gasteiger partial charge in [0.1, 0.15) is 18.2 Å². The number of nitrogens with zero attached hydrogens (tertiary/aromatic N) is 2. The van der Waals surface area contributed by atoms with Gasteiger partial charge in [0.2, 0.25) is 5.69 Å². The minimum Gasteiger partial charge on any atom is -0.456 e. The van der Waals surface area contributed by atoms with Crippen LogP contribution in [0.5, 0.6) is 0 Å². The van der Waals surface area contributed by atoms with Crippen LogP contribution >= 0.6 is 0 Å². The van der Waals surface area contributed by atoms with E-state index in [9.17, 15) is 5.26 Å². The molecule has 0 bridgehead atoms. The van der Waals surface area contributed by atoms with E-state index in [1.165, 1.54) is 54.5 Å². The first-order valence-electron chi connectivity index (χ1n) is 10.5. The summed E-state index contributed by atoms with van der Waals surface area (Å²) >= 11 is 0. The van der Waals surface area contributed by atoms with Gasteiger partial charge in [-0.2, -0.15) is 5.26 Å². The van der Waals surface area contributed by atoms with Gasteiger partial charge in [-0.15, -0.1) is 0 Å². The maximum absolute atomic E-state index is 9.66. The number of aryl methyl sites for hydroxylation is 2. The molecule has 0 spiro atoms. The lowest BCUT2D eigenvalue weighted by molar-refractivity contribution is -0.660. The van der Waals surface area contributed by atoms with Crippen LogP contribution in [0.25, 0.3) is 33.2 Å². The van der Waals surface area contributed by atoms with E-state index in [0.717, 1.165) is 27.5 Å². The second kappa shape index (κ2) is 7.04. The van der Waals surface area contributed by atoms with Gasteiger partial charge < -0.3 is 4.42 Å². The fourth-order valence-electron chi connectivity index (χ4n) is 4.91. The SMILES string of the molecule is Cc1cc2oc3c(C4CCCCC4)cc(C#N)cc3c2cc1-c1cccc[n+]1C. The molecule has 144 valence electrons. The van der Waals surface area contributed by atoms with E-state index < -0.39 is 0 Å². The Morgan fingerprint density at radius 2 is 1.86 bits per heavy atom. The van der Waals surface area contributed by atoms with Crippen LogP contribution in [-0.4, -0.2) is 0 Å². The molecule has 0 N–H and O–H groups in total. The van der Waals surface area contributed by atoms with Gasteiger partial charge in [0.15, 0.2) is 6.20 Å². The zero-order valence-electron chi connectivity index (χ0n) is 17.0. The molecule has 29 heavy (non-hydrogen) atoms. The van der Waals surface area contributed by atoms with Crippen molar-refractivity contribution in [1.29, 1.82) is 5.26 Å². The van der Waals surface area contributed by atoms with Crippen LogP contribution in [0.2, 0.25) is 0 Å². The number of hydrogen-bond donors (Lipinski definition) is 0.